The van der Waals surface area contributed by atoms with Crippen LogP contribution in [0.25, 0.3) is 6.08 Å². The van der Waals surface area contributed by atoms with Gasteiger partial charge in [0.15, 0.2) is 0 Å². The number of hydrogen-bond donors (Lipinski definition) is 0. The van der Waals surface area contributed by atoms with Crippen molar-refractivity contribution in [2.24, 2.45) is 5.41 Å². The Morgan fingerprint density at radius 2 is 1.92 bits per heavy atom. The number of fused-ring (bicyclic) bond motifs is 3. The molecule has 0 spiro atoms. The van der Waals surface area contributed by atoms with Crippen molar-refractivity contribution >= 4 is 6.08 Å². The van der Waals surface area contributed by atoms with Crippen LogP contribution in [0.5, 0.6) is 0 Å². The molecule has 0 heteroatoms. The molecule has 1 saturated carbocycles. The van der Waals surface area contributed by atoms with Crippen LogP contribution >= 0.6 is 0 Å². The minimum absolute atomic E-state index is 0.467. The monoisotopic (exact) mass is 156 g/mol. The second-order valence-corrected chi connectivity index (χ2v) is 4.38. The Hall–Kier alpha value is -1.04. The molecular formula is C12H12. The third kappa shape index (κ3) is 0.556. The van der Waals surface area contributed by atoms with Gasteiger partial charge in [-0.1, -0.05) is 49.8 Å². The highest BCUT2D eigenvalue weighted by Gasteiger charge is 2.55. The molecule has 0 unspecified atom stereocenters. The molecule has 3 rings (SSSR count). The van der Waals surface area contributed by atoms with Gasteiger partial charge in [-0.2, -0.15) is 0 Å². The van der Waals surface area contributed by atoms with Crippen LogP contribution in [0.3, 0.4) is 0 Å². The summed E-state index contributed by atoms with van der Waals surface area (Å²) < 4.78 is 0. The summed E-state index contributed by atoms with van der Waals surface area (Å²) in [7, 11) is 0. The summed E-state index contributed by atoms with van der Waals surface area (Å²) in [6.07, 6.45) is 2.36. The Balaban J connectivity index is 2.20. The van der Waals surface area contributed by atoms with Crippen LogP contribution in [-0.2, 0) is 0 Å². The lowest BCUT2D eigenvalue weighted by Gasteiger charge is -2.06. The van der Waals surface area contributed by atoms with E-state index in [0.717, 1.165) is 5.92 Å². The van der Waals surface area contributed by atoms with E-state index in [-0.39, 0.29) is 0 Å². The molecule has 1 aromatic carbocycles. The zero-order valence-corrected chi connectivity index (χ0v) is 7.46. The molecule has 0 N–H and O–H groups in total. The highest BCUT2D eigenvalue weighted by Crippen LogP contribution is 2.68. The fourth-order valence-corrected chi connectivity index (χ4v) is 2.48. The summed E-state index contributed by atoms with van der Waals surface area (Å²) in [5.74, 6) is 0.744. The molecule has 1 aromatic rings. The van der Waals surface area contributed by atoms with Crippen LogP contribution in [0.1, 0.15) is 30.9 Å². The van der Waals surface area contributed by atoms with Gasteiger partial charge in [0.25, 0.3) is 0 Å². The smallest absolute Gasteiger partial charge is 0.0152 e. The molecular weight excluding hydrogens is 144 g/mol. The normalized spacial score (nSPS) is 27.5. The highest BCUT2D eigenvalue weighted by atomic mass is 14.6. The van der Waals surface area contributed by atoms with Crippen molar-refractivity contribution in [3.8, 4) is 0 Å². The summed E-state index contributed by atoms with van der Waals surface area (Å²) >= 11 is 0. The van der Waals surface area contributed by atoms with Crippen LogP contribution in [0, 0.1) is 5.41 Å². The minimum Gasteiger partial charge on any atom is -0.0619 e. The van der Waals surface area contributed by atoms with Gasteiger partial charge in [0.2, 0.25) is 0 Å². The van der Waals surface area contributed by atoms with E-state index < -0.39 is 0 Å². The molecule has 0 heterocycles. The van der Waals surface area contributed by atoms with E-state index in [2.05, 4.69) is 44.2 Å². The first-order chi connectivity index (χ1) is 5.71. The maximum Gasteiger partial charge on any atom is 0.0152 e. The van der Waals surface area contributed by atoms with Crippen LogP contribution in [0.2, 0.25) is 0 Å². The van der Waals surface area contributed by atoms with Gasteiger partial charge in [-0.05, 0) is 16.5 Å². The van der Waals surface area contributed by atoms with Gasteiger partial charge in [0.1, 0.15) is 0 Å². The second-order valence-electron chi connectivity index (χ2n) is 4.38. The van der Waals surface area contributed by atoms with Crippen molar-refractivity contribution in [2.75, 3.05) is 0 Å². The Morgan fingerprint density at radius 3 is 2.75 bits per heavy atom. The number of rotatable bonds is 0. The lowest BCUT2D eigenvalue weighted by Crippen LogP contribution is -1.93. The zero-order chi connectivity index (χ0) is 8.34. The molecule has 60 valence electrons. The maximum absolute atomic E-state index is 2.36. The van der Waals surface area contributed by atoms with Gasteiger partial charge in [0, 0.05) is 5.92 Å². The molecule has 1 atom stereocenters. The summed E-state index contributed by atoms with van der Waals surface area (Å²) in [6.45, 7) is 4.67. The van der Waals surface area contributed by atoms with Crippen molar-refractivity contribution in [1.29, 1.82) is 0 Å². The van der Waals surface area contributed by atoms with E-state index >= 15 is 0 Å². The van der Waals surface area contributed by atoms with E-state index in [9.17, 15) is 0 Å². The van der Waals surface area contributed by atoms with E-state index in [0.29, 0.717) is 5.41 Å². The molecule has 0 bridgehead atoms. The first-order valence-corrected chi connectivity index (χ1v) is 4.52. The van der Waals surface area contributed by atoms with Gasteiger partial charge in [-0.15, -0.1) is 0 Å². The molecule has 0 aliphatic heterocycles. The number of hydrogen-bond acceptors (Lipinski definition) is 0. The summed E-state index contributed by atoms with van der Waals surface area (Å²) in [4.78, 5) is 0. The lowest BCUT2D eigenvalue weighted by molar-refractivity contribution is 0.639. The lowest BCUT2D eigenvalue weighted by atomic mass is 9.98. The minimum atomic E-state index is 0.467. The molecule has 0 amide bonds. The largest absolute Gasteiger partial charge is 0.0619 e. The first kappa shape index (κ1) is 6.47. The van der Waals surface area contributed by atoms with Crippen molar-refractivity contribution in [2.45, 2.75) is 19.8 Å². The fraction of sp³-hybridized carbons (Fsp3) is 0.333. The van der Waals surface area contributed by atoms with Crippen molar-refractivity contribution in [1.82, 2.24) is 0 Å². The molecule has 12 heavy (non-hydrogen) atoms. The Labute approximate surface area is 72.9 Å². The standard InChI is InChI=1S/C12H12/c1-12(2)10-7-8-5-3-4-6-9(8)11(10)12/h3-7,11H,1-2H3/t11-/m1/s1. The van der Waals surface area contributed by atoms with Crippen molar-refractivity contribution < 1.29 is 0 Å². The molecule has 0 radical (unpaired) electrons. The average Bonchev–Trinajstić information content (AvgIpc) is 2.46. The third-order valence-corrected chi connectivity index (χ3v) is 3.31. The Kier molecular flexibility index (Phi) is 0.894. The predicted octanol–water partition coefficient (Wildman–Crippen LogP) is 3.21. The summed E-state index contributed by atoms with van der Waals surface area (Å²) in [6, 6.07) is 8.74. The summed E-state index contributed by atoms with van der Waals surface area (Å²) in [5, 5.41) is 0. The van der Waals surface area contributed by atoms with Crippen molar-refractivity contribution in [3.05, 3.63) is 41.0 Å². The zero-order valence-electron chi connectivity index (χ0n) is 7.46. The maximum atomic E-state index is 2.36. The Morgan fingerprint density at radius 1 is 1.17 bits per heavy atom. The van der Waals surface area contributed by atoms with Gasteiger partial charge in [-0.3, -0.25) is 0 Å². The van der Waals surface area contributed by atoms with E-state index in [4.69, 9.17) is 0 Å². The molecule has 2 aliphatic carbocycles. The third-order valence-electron chi connectivity index (χ3n) is 3.31. The van der Waals surface area contributed by atoms with E-state index in [1.165, 1.54) is 11.1 Å². The fourth-order valence-electron chi connectivity index (χ4n) is 2.48. The van der Waals surface area contributed by atoms with E-state index in [1.54, 1.807) is 5.57 Å². The van der Waals surface area contributed by atoms with Crippen LogP contribution in [0.15, 0.2) is 29.8 Å². The van der Waals surface area contributed by atoms with E-state index in [1.807, 2.05) is 0 Å². The summed E-state index contributed by atoms with van der Waals surface area (Å²) in [5.41, 5.74) is 5.08. The van der Waals surface area contributed by atoms with Gasteiger partial charge in [0.05, 0.1) is 0 Å². The van der Waals surface area contributed by atoms with Crippen LogP contribution in [0.4, 0.5) is 0 Å². The molecule has 2 aliphatic rings. The molecule has 0 saturated heterocycles. The Bertz CT molecular complexity index is 383. The highest BCUT2D eigenvalue weighted by molar-refractivity contribution is 5.76. The number of benzene rings is 1. The quantitative estimate of drug-likeness (QED) is 0.541. The second kappa shape index (κ2) is 1.66. The SMILES string of the molecule is CC1(C)C2=Cc3ccccc3[C@H]21. The molecule has 0 aromatic heterocycles. The van der Waals surface area contributed by atoms with Gasteiger partial charge < -0.3 is 0 Å². The van der Waals surface area contributed by atoms with Crippen molar-refractivity contribution in [3.63, 3.8) is 0 Å². The van der Waals surface area contributed by atoms with Crippen LogP contribution < -0.4 is 0 Å². The topological polar surface area (TPSA) is 0 Å². The number of allylic oxidation sites excluding steroid dienone is 1. The first-order valence-electron chi connectivity index (χ1n) is 4.52. The van der Waals surface area contributed by atoms with Crippen LogP contribution in [-0.4, -0.2) is 0 Å². The van der Waals surface area contributed by atoms with Gasteiger partial charge in [-0.25, -0.2) is 0 Å². The molecule has 1 fully saturated rings. The predicted molar refractivity (Wildman–Crippen MR) is 50.9 cm³/mol. The molecule has 0 nitrogen and oxygen atoms in total. The average molecular weight is 156 g/mol. The van der Waals surface area contributed by atoms with Gasteiger partial charge >= 0.3 is 0 Å².